The van der Waals surface area contributed by atoms with E-state index in [0.29, 0.717) is 17.2 Å². The Bertz CT molecular complexity index is 525. The van der Waals surface area contributed by atoms with E-state index in [9.17, 15) is 8.42 Å². The number of anilines is 1. The average Bonchev–Trinajstić information content (AvgIpc) is 2.20. The topological polar surface area (TPSA) is 86.2 Å². The Morgan fingerprint density at radius 1 is 1.33 bits per heavy atom. The zero-order chi connectivity index (χ0) is 13.9. The van der Waals surface area contributed by atoms with Gasteiger partial charge in [0.15, 0.2) is 0 Å². The van der Waals surface area contributed by atoms with Gasteiger partial charge in [0.25, 0.3) is 0 Å². The molecule has 0 aliphatic rings. The molecule has 0 aromatic heterocycles. The Balaban J connectivity index is 3.03. The molecule has 18 heavy (non-hydrogen) atoms. The molecule has 0 saturated heterocycles. The smallest absolute Gasteiger partial charge is 0.238 e. The summed E-state index contributed by atoms with van der Waals surface area (Å²) >= 11 is 1.62. The Morgan fingerprint density at radius 2 is 1.94 bits per heavy atom. The summed E-state index contributed by atoms with van der Waals surface area (Å²) in [5.41, 5.74) is 6.83. The lowest BCUT2D eigenvalue weighted by Gasteiger charge is -2.12. The summed E-state index contributed by atoms with van der Waals surface area (Å²) in [5.74, 6) is 1.56. The number of nitrogens with two attached hydrogens (primary N) is 2. The SMILES string of the molecule is Cc1c(SCCC(C)C)cc(N)cc1S(N)(=O)=O. The van der Waals surface area contributed by atoms with Gasteiger partial charge in [-0.1, -0.05) is 13.8 Å². The molecule has 0 saturated carbocycles. The van der Waals surface area contributed by atoms with Crippen molar-refractivity contribution in [2.24, 2.45) is 11.1 Å². The van der Waals surface area contributed by atoms with Crippen LogP contribution in [0.3, 0.4) is 0 Å². The number of hydrogen-bond acceptors (Lipinski definition) is 4. The number of thioether (sulfide) groups is 1. The Morgan fingerprint density at radius 3 is 2.44 bits per heavy atom. The number of rotatable bonds is 5. The van der Waals surface area contributed by atoms with Gasteiger partial charge in [-0.05, 0) is 42.7 Å². The zero-order valence-corrected chi connectivity index (χ0v) is 12.6. The molecule has 0 unspecified atom stereocenters. The standard InChI is InChI=1S/C12H20N2O2S2/c1-8(2)4-5-17-11-6-10(13)7-12(9(11)3)18(14,15)16/h6-8H,4-5,13H2,1-3H3,(H2,14,15,16). The van der Waals surface area contributed by atoms with E-state index >= 15 is 0 Å². The molecular formula is C12H20N2O2S2. The molecule has 1 rings (SSSR count). The fourth-order valence-corrected chi connectivity index (χ4v) is 3.79. The highest BCUT2D eigenvalue weighted by molar-refractivity contribution is 7.99. The van der Waals surface area contributed by atoms with Crippen LogP contribution < -0.4 is 10.9 Å². The van der Waals surface area contributed by atoms with Gasteiger partial charge in [-0.25, -0.2) is 13.6 Å². The molecule has 1 aromatic rings. The lowest BCUT2D eigenvalue weighted by atomic mass is 10.2. The highest BCUT2D eigenvalue weighted by Crippen LogP contribution is 2.30. The maximum atomic E-state index is 11.5. The van der Waals surface area contributed by atoms with Gasteiger partial charge in [0, 0.05) is 10.6 Å². The van der Waals surface area contributed by atoms with E-state index in [2.05, 4.69) is 13.8 Å². The summed E-state index contributed by atoms with van der Waals surface area (Å²) in [6.07, 6.45) is 1.07. The second kappa shape index (κ2) is 5.95. The van der Waals surface area contributed by atoms with E-state index in [4.69, 9.17) is 10.9 Å². The lowest BCUT2D eigenvalue weighted by Crippen LogP contribution is -2.14. The normalized spacial score (nSPS) is 12.1. The van der Waals surface area contributed by atoms with Crippen LogP contribution in [0.5, 0.6) is 0 Å². The van der Waals surface area contributed by atoms with Crippen LogP contribution in [-0.2, 0) is 10.0 Å². The summed E-state index contributed by atoms with van der Waals surface area (Å²) < 4.78 is 22.9. The van der Waals surface area contributed by atoms with Crippen LogP contribution in [0.2, 0.25) is 0 Å². The summed E-state index contributed by atoms with van der Waals surface area (Å²) in [6.45, 7) is 6.07. The second-order valence-electron chi connectivity index (χ2n) is 4.72. The van der Waals surface area contributed by atoms with Crippen LogP contribution in [0, 0.1) is 12.8 Å². The molecule has 0 heterocycles. The molecule has 0 fully saturated rings. The van der Waals surface area contributed by atoms with Crippen LogP contribution in [-0.4, -0.2) is 14.2 Å². The molecule has 4 nitrogen and oxygen atoms in total. The van der Waals surface area contributed by atoms with Crippen molar-refractivity contribution in [3.8, 4) is 0 Å². The number of primary sulfonamides is 1. The van der Waals surface area contributed by atoms with Crippen LogP contribution in [0.1, 0.15) is 25.8 Å². The second-order valence-corrected chi connectivity index (χ2v) is 7.38. The van der Waals surface area contributed by atoms with E-state index in [1.165, 1.54) is 6.07 Å². The minimum Gasteiger partial charge on any atom is -0.399 e. The van der Waals surface area contributed by atoms with Crippen molar-refractivity contribution in [3.63, 3.8) is 0 Å². The molecule has 0 bridgehead atoms. The largest absolute Gasteiger partial charge is 0.399 e. The molecule has 102 valence electrons. The highest BCUT2D eigenvalue weighted by atomic mass is 32.2. The van der Waals surface area contributed by atoms with Gasteiger partial charge in [-0.15, -0.1) is 11.8 Å². The van der Waals surface area contributed by atoms with Crippen LogP contribution in [0.15, 0.2) is 21.9 Å². The van der Waals surface area contributed by atoms with Crippen molar-refractivity contribution in [3.05, 3.63) is 17.7 Å². The fraction of sp³-hybridized carbons (Fsp3) is 0.500. The van der Waals surface area contributed by atoms with Gasteiger partial charge in [0.05, 0.1) is 4.90 Å². The van der Waals surface area contributed by atoms with Gasteiger partial charge in [0.2, 0.25) is 10.0 Å². The fourth-order valence-electron chi connectivity index (χ4n) is 1.53. The molecule has 0 radical (unpaired) electrons. The van der Waals surface area contributed by atoms with Crippen molar-refractivity contribution in [1.82, 2.24) is 0 Å². The molecule has 4 N–H and O–H groups in total. The Hall–Kier alpha value is -0.720. The molecule has 0 spiro atoms. The number of sulfonamides is 1. The highest BCUT2D eigenvalue weighted by Gasteiger charge is 2.15. The van der Waals surface area contributed by atoms with Crippen molar-refractivity contribution < 1.29 is 8.42 Å². The first-order valence-corrected chi connectivity index (χ1v) is 8.30. The first-order chi connectivity index (χ1) is 8.21. The van der Waals surface area contributed by atoms with Gasteiger partial charge in [0.1, 0.15) is 0 Å². The van der Waals surface area contributed by atoms with E-state index in [1.807, 2.05) is 0 Å². The Labute approximate surface area is 113 Å². The van der Waals surface area contributed by atoms with Crippen LogP contribution >= 0.6 is 11.8 Å². The molecule has 1 aromatic carbocycles. The van der Waals surface area contributed by atoms with E-state index in [1.54, 1.807) is 24.8 Å². The van der Waals surface area contributed by atoms with Crippen LogP contribution in [0.4, 0.5) is 5.69 Å². The predicted octanol–water partition coefficient (Wildman–Crippen LogP) is 2.36. The third-order valence-electron chi connectivity index (χ3n) is 2.59. The van der Waals surface area contributed by atoms with Crippen LogP contribution in [0.25, 0.3) is 0 Å². The average molecular weight is 288 g/mol. The Kier molecular flexibility index (Phi) is 5.07. The summed E-state index contributed by atoms with van der Waals surface area (Å²) in [6, 6.07) is 3.21. The lowest BCUT2D eigenvalue weighted by molar-refractivity contribution is 0.597. The number of benzene rings is 1. The van der Waals surface area contributed by atoms with E-state index in [-0.39, 0.29) is 4.90 Å². The summed E-state index contributed by atoms with van der Waals surface area (Å²) in [7, 11) is -3.71. The van der Waals surface area contributed by atoms with Gasteiger partial charge < -0.3 is 5.73 Å². The third-order valence-corrected chi connectivity index (χ3v) is 4.81. The maximum absolute atomic E-state index is 11.5. The summed E-state index contributed by atoms with van der Waals surface area (Å²) in [4.78, 5) is 1.01. The molecule has 6 heteroatoms. The quantitative estimate of drug-likeness (QED) is 0.643. The van der Waals surface area contributed by atoms with Crippen molar-refractivity contribution in [2.45, 2.75) is 37.0 Å². The molecule has 0 amide bonds. The third kappa shape index (κ3) is 4.19. The maximum Gasteiger partial charge on any atom is 0.238 e. The van der Waals surface area contributed by atoms with E-state index < -0.39 is 10.0 Å². The van der Waals surface area contributed by atoms with Gasteiger partial charge in [-0.3, -0.25) is 0 Å². The van der Waals surface area contributed by atoms with Crippen molar-refractivity contribution in [1.29, 1.82) is 0 Å². The molecule has 0 aliphatic carbocycles. The minimum absolute atomic E-state index is 0.120. The van der Waals surface area contributed by atoms with Crippen molar-refractivity contribution in [2.75, 3.05) is 11.5 Å². The first kappa shape index (κ1) is 15.3. The van der Waals surface area contributed by atoms with Gasteiger partial charge >= 0.3 is 0 Å². The van der Waals surface area contributed by atoms with Gasteiger partial charge in [-0.2, -0.15) is 0 Å². The zero-order valence-electron chi connectivity index (χ0n) is 10.9. The van der Waals surface area contributed by atoms with E-state index in [0.717, 1.165) is 17.1 Å². The first-order valence-electron chi connectivity index (χ1n) is 5.77. The number of hydrogen-bond donors (Lipinski definition) is 2. The van der Waals surface area contributed by atoms with Crippen molar-refractivity contribution >= 4 is 27.5 Å². The monoisotopic (exact) mass is 288 g/mol. The summed E-state index contributed by atoms with van der Waals surface area (Å²) in [5, 5.41) is 5.18. The number of nitrogen functional groups attached to an aromatic ring is 1. The molecule has 0 aliphatic heterocycles. The minimum atomic E-state index is -3.71. The predicted molar refractivity (Wildman–Crippen MR) is 77.1 cm³/mol. The molecule has 0 atom stereocenters. The molecular weight excluding hydrogens is 268 g/mol.